The first kappa shape index (κ1) is 14.7. The van der Waals surface area contributed by atoms with Gasteiger partial charge in [0.2, 0.25) is 5.91 Å². The number of non-ortho nitro benzene ring substituents is 1. The second kappa shape index (κ2) is 6.17. The largest absolute Gasteiger partial charge is 0.373 e. The first-order chi connectivity index (χ1) is 10.0. The summed E-state index contributed by atoms with van der Waals surface area (Å²) in [6.07, 6.45) is 1.49. The molecule has 1 heterocycles. The smallest absolute Gasteiger partial charge is 0.295 e. The number of fused-ring (bicyclic) bond motifs is 1. The van der Waals surface area contributed by atoms with Gasteiger partial charge in [0.25, 0.3) is 5.69 Å². The van der Waals surface area contributed by atoms with Crippen molar-refractivity contribution in [1.82, 2.24) is 10.3 Å². The van der Waals surface area contributed by atoms with E-state index in [9.17, 15) is 14.9 Å². The number of aromatic nitrogens is 1. The number of benzene rings is 1. The predicted octanol–water partition coefficient (Wildman–Crippen LogP) is 2.08. The van der Waals surface area contributed by atoms with Crippen LogP contribution in [0.25, 0.3) is 10.9 Å². The van der Waals surface area contributed by atoms with Crippen molar-refractivity contribution < 1.29 is 9.72 Å². The summed E-state index contributed by atoms with van der Waals surface area (Å²) >= 11 is 0. The van der Waals surface area contributed by atoms with Crippen molar-refractivity contribution >= 4 is 28.2 Å². The number of carbonyl (C=O) groups is 1. The van der Waals surface area contributed by atoms with Crippen LogP contribution in [0.3, 0.4) is 0 Å². The summed E-state index contributed by atoms with van der Waals surface area (Å²) in [6.45, 7) is 4.12. The van der Waals surface area contributed by atoms with Crippen LogP contribution >= 0.6 is 0 Å². The molecule has 1 aromatic heterocycles. The van der Waals surface area contributed by atoms with Crippen LogP contribution in [0, 0.1) is 10.1 Å². The standard InChI is InChI=1S/C14H16N4O3/c1-3-15-14(19)9(2)17-11-7-8-16-13-10(11)5-4-6-12(13)18(20)21/h4-9H,3H2,1-2H3,(H,15,19)(H,16,17). The summed E-state index contributed by atoms with van der Waals surface area (Å²) in [6, 6.07) is 6.00. The highest BCUT2D eigenvalue weighted by atomic mass is 16.6. The lowest BCUT2D eigenvalue weighted by molar-refractivity contribution is -0.383. The van der Waals surface area contributed by atoms with E-state index in [2.05, 4.69) is 15.6 Å². The van der Waals surface area contributed by atoms with Crippen LogP contribution in [0.5, 0.6) is 0 Å². The minimum Gasteiger partial charge on any atom is -0.373 e. The minimum atomic E-state index is -0.466. The number of hydrogen-bond acceptors (Lipinski definition) is 5. The SMILES string of the molecule is CCNC(=O)C(C)Nc1ccnc2c([N+](=O)[O-])cccc12. The number of amides is 1. The van der Waals surface area contributed by atoms with E-state index in [0.29, 0.717) is 23.1 Å². The third-order valence-corrected chi connectivity index (χ3v) is 3.06. The molecule has 1 unspecified atom stereocenters. The van der Waals surface area contributed by atoms with Gasteiger partial charge in [-0.3, -0.25) is 14.9 Å². The Morgan fingerprint density at radius 1 is 1.43 bits per heavy atom. The van der Waals surface area contributed by atoms with Crippen molar-refractivity contribution in [2.45, 2.75) is 19.9 Å². The molecule has 110 valence electrons. The lowest BCUT2D eigenvalue weighted by atomic mass is 10.1. The quantitative estimate of drug-likeness (QED) is 0.648. The summed E-state index contributed by atoms with van der Waals surface area (Å²) in [5.74, 6) is -0.132. The van der Waals surface area contributed by atoms with E-state index in [4.69, 9.17) is 0 Å². The summed E-state index contributed by atoms with van der Waals surface area (Å²) in [7, 11) is 0. The van der Waals surface area contributed by atoms with Crippen LogP contribution < -0.4 is 10.6 Å². The number of para-hydroxylation sites is 1. The van der Waals surface area contributed by atoms with Gasteiger partial charge in [-0.15, -0.1) is 0 Å². The van der Waals surface area contributed by atoms with E-state index >= 15 is 0 Å². The van der Waals surface area contributed by atoms with Crippen molar-refractivity contribution in [3.8, 4) is 0 Å². The van der Waals surface area contributed by atoms with E-state index in [1.165, 1.54) is 12.3 Å². The van der Waals surface area contributed by atoms with Gasteiger partial charge in [-0.05, 0) is 19.9 Å². The molecule has 0 aliphatic rings. The molecule has 0 aliphatic heterocycles. The van der Waals surface area contributed by atoms with Gasteiger partial charge in [0.05, 0.1) is 4.92 Å². The van der Waals surface area contributed by atoms with E-state index in [1.807, 2.05) is 6.92 Å². The lowest BCUT2D eigenvalue weighted by Gasteiger charge is -2.16. The van der Waals surface area contributed by atoms with Gasteiger partial charge in [0.1, 0.15) is 11.6 Å². The highest BCUT2D eigenvalue weighted by Gasteiger charge is 2.17. The van der Waals surface area contributed by atoms with Gasteiger partial charge >= 0.3 is 0 Å². The molecule has 1 aromatic carbocycles. The number of nitro groups is 1. The molecule has 0 saturated heterocycles. The molecule has 0 bridgehead atoms. The molecule has 0 radical (unpaired) electrons. The van der Waals surface area contributed by atoms with E-state index in [1.54, 1.807) is 25.1 Å². The lowest BCUT2D eigenvalue weighted by Crippen LogP contribution is -2.37. The minimum absolute atomic E-state index is 0.0539. The summed E-state index contributed by atoms with van der Waals surface area (Å²) in [5.41, 5.74) is 0.889. The Hall–Kier alpha value is -2.70. The monoisotopic (exact) mass is 288 g/mol. The molecule has 2 rings (SSSR count). The number of carbonyl (C=O) groups excluding carboxylic acids is 1. The Labute approximate surface area is 121 Å². The van der Waals surface area contributed by atoms with Gasteiger partial charge in [0, 0.05) is 29.9 Å². The van der Waals surface area contributed by atoms with Crippen molar-refractivity contribution in [3.63, 3.8) is 0 Å². The predicted molar refractivity (Wildman–Crippen MR) is 80.2 cm³/mol. The number of nitrogens with zero attached hydrogens (tertiary/aromatic N) is 2. The van der Waals surface area contributed by atoms with Crippen molar-refractivity contribution in [1.29, 1.82) is 0 Å². The van der Waals surface area contributed by atoms with Gasteiger partial charge in [-0.1, -0.05) is 12.1 Å². The van der Waals surface area contributed by atoms with Crippen LogP contribution in [0.1, 0.15) is 13.8 Å². The highest BCUT2D eigenvalue weighted by Crippen LogP contribution is 2.28. The number of anilines is 1. The maximum absolute atomic E-state index is 11.8. The van der Waals surface area contributed by atoms with E-state index < -0.39 is 11.0 Å². The zero-order valence-corrected chi connectivity index (χ0v) is 11.8. The molecule has 2 aromatic rings. The van der Waals surface area contributed by atoms with Crippen LogP contribution in [-0.4, -0.2) is 28.4 Å². The van der Waals surface area contributed by atoms with Crippen molar-refractivity contribution in [2.24, 2.45) is 0 Å². The Balaban J connectivity index is 2.39. The molecule has 1 atom stereocenters. The Morgan fingerprint density at radius 2 is 2.19 bits per heavy atom. The summed E-state index contributed by atoms with van der Waals surface area (Å²) in [4.78, 5) is 26.4. The molecular weight excluding hydrogens is 272 g/mol. The highest BCUT2D eigenvalue weighted by molar-refractivity contribution is 5.97. The Morgan fingerprint density at radius 3 is 2.86 bits per heavy atom. The summed E-state index contributed by atoms with van der Waals surface area (Å²) in [5, 5.41) is 17.4. The molecule has 7 nitrogen and oxygen atoms in total. The van der Waals surface area contributed by atoms with Gasteiger partial charge in [0.15, 0.2) is 0 Å². The normalized spacial score (nSPS) is 11.9. The number of nitro benzene ring substituents is 1. The van der Waals surface area contributed by atoms with Crippen LogP contribution in [0.15, 0.2) is 30.5 Å². The molecule has 7 heteroatoms. The molecule has 1 amide bonds. The average molecular weight is 288 g/mol. The fourth-order valence-electron chi connectivity index (χ4n) is 2.06. The average Bonchev–Trinajstić information content (AvgIpc) is 2.47. The van der Waals surface area contributed by atoms with Crippen LogP contribution in [0.4, 0.5) is 11.4 Å². The third kappa shape index (κ3) is 3.07. The maximum Gasteiger partial charge on any atom is 0.295 e. The number of rotatable bonds is 5. The van der Waals surface area contributed by atoms with Crippen molar-refractivity contribution in [3.05, 3.63) is 40.6 Å². The molecule has 0 aliphatic carbocycles. The fourth-order valence-corrected chi connectivity index (χ4v) is 2.06. The van der Waals surface area contributed by atoms with Gasteiger partial charge in [-0.2, -0.15) is 0 Å². The van der Waals surface area contributed by atoms with Gasteiger partial charge in [-0.25, -0.2) is 4.98 Å². The number of pyridine rings is 1. The molecule has 0 fully saturated rings. The molecule has 2 N–H and O–H groups in total. The molecule has 21 heavy (non-hydrogen) atoms. The molecule has 0 spiro atoms. The second-order valence-electron chi connectivity index (χ2n) is 4.55. The fraction of sp³-hybridized carbons (Fsp3) is 0.286. The first-order valence-corrected chi connectivity index (χ1v) is 6.61. The first-order valence-electron chi connectivity index (χ1n) is 6.61. The second-order valence-corrected chi connectivity index (χ2v) is 4.55. The van der Waals surface area contributed by atoms with E-state index in [-0.39, 0.29) is 11.6 Å². The van der Waals surface area contributed by atoms with Crippen LogP contribution in [0.2, 0.25) is 0 Å². The topological polar surface area (TPSA) is 97.2 Å². The van der Waals surface area contributed by atoms with Gasteiger partial charge < -0.3 is 10.6 Å². The van der Waals surface area contributed by atoms with Crippen LogP contribution in [-0.2, 0) is 4.79 Å². The Kier molecular flexibility index (Phi) is 4.32. The zero-order valence-electron chi connectivity index (χ0n) is 11.8. The number of nitrogens with one attached hydrogen (secondary N) is 2. The number of hydrogen-bond donors (Lipinski definition) is 2. The van der Waals surface area contributed by atoms with E-state index in [0.717, 1.165) is 0 Å². The molecular formula is C14H16N4O3. The third-order valence-electron chi connectivity index (χ3n) is 3.06. The molecule has 0 saturated carbocycles. The summed E-state index contributed by atoms with van der Waals surface area (Å²) < 4.78 is 0. The van der Waals surface area contributed by atoms with Crippen molar-refractivity contribution in [2.75, 3.05) is 11.9 Å². The maximum atomic E-state index is 11.8. The number of likely N-dealkylation sites (N-methyl/N-ethyl adjacent to an activating group) is 1. The zero-order chi connectivity index (χ0) is 15.4. The Bertz CT molecular complexity index is 687.